The van der Waals surface area contributed by atoms with E-state index in [1.165, 1.54) is 0 Å². The third-order valence-electron chi connectivity index (χ3n) is 2.63. The molecular weight excluding hydrogens is 262 g/mol. The zero-order valence-corrected chi connectivity index (χ0v) is 10.2. The number of nitrogens with two attached hydrogens (primary N) is 1. The van der Waals surface area contributed by atoms with Crippen molar-refractivity contribution in [1.82, 2.24) is 15.0 Å². The molecule has 1 aromatic heterocycles. The Labute approximate surface area is 107 Å². The van der Waals surface area contributed by atoms with Gasteiger partial charge in [0.2, 0.25) is 0 Å². The van der Waals surface area contributed by atoms with E-state index in [1.807, 2.05) is 0 Å². The average Bonchev–Trinajstić information content (AvgIpc) is 2.73. The molecule has 96 valence electrons. The minimum atomic E-state index is -0.753. The molecule has 2 aromatic rings. The number of rotatable bonds is 3. The monoisotopic (exact) mass is 272 g/mol. The van der Waals surface area contributed by atoms with Crippen molar-refractivity contribution < 1.29 is 8.78 Å². The van der Waals surface area contributed by atoms with Gasteiger partial charge in [0.05, 0.1) is 5.02 Å². The number of benzene rings is 1. The van der Waals surface area contributed by atoms with Gasteiger partial charge in [-0.05, 0) is 12.1 Å². The van der Waals surface area contributed by atoms with Crippen LogP contribution in [0.1, 0.15) is 17.4 Å². The second-order valence-corrected chi connectivity index (χ2v) is 4.19. The maximum atomic E-state index is 13.8. The van der Waals surface area contributed by atoms with Crippen LogP contribution in [0.2, 0.25) is 5.02 Å². The minimum absolute atomic E-state index is 0.0497. The average molecular weight is 273 g/mol. The summed E-state index contributed by atoms with van der Waals surface area (Å²) in [4.78, 5) is 4.05. The van der Waals surface area contributed by atoms with Gasteiger partial charge < -0.3 is 4.57 Å². The third kappa shape index (κ3) is 2.22. The molecule has 1 aromatic carbocycles. The lowest BCUT2D eigenvalue weighted by Crippen LogP contribution is -2.31. The molecule has 3 N–H and O–H groups in total. The van der Waals surface area contributed by atoms with Gasteiger partial charge in [-0.25, -0.2) is 19.2 Å². The number of aromatic nitrogens is 2. The molecule has 2 rings (SSSR count). The van der Waals surface area contributed by atoms with Crippen LogP contribution >= 0.6 is 11.6 Å². The number of nitrogens with one attached hydrogen (secondary N) is 1. The lowest BCUT2D eigenvalue weighted by Gasteiger charge is -2.17. The van der Waals surface area contributed by atoms with E-state index in [4.69, 9.17) is 17.4 Å². The summed E-state index contributed by atoms with van der Waals surface area (Å²) in [6, 6.07) is 1.17. The zero-order valence-electron chi connectivity index (χ0n) is 9.49. The summed E-state index contributed by atoms with van der Waals surface area (Å²) in [6.07, 6.45) is 3.23. The van der Waals surface area contributed by atoms with Gasteiger partial charge in [0.1, 0.15) is 23.5 Å². The number of halogens is 3. The van der Waals surface area contributed by atoms with Gasteiger partial charge in [0.25, 0.3) is 0 Å². The predicted octanol–water partition coefficient (Wildman–Crippen LogP) is 1.90. The van der Waals surface area contributed by atoms with E-state index in [0.29, 0.717) is 5.82 Å². The third-order valence-corrected chi connectivity index (χ3v) is 2.92. The van der Waals surface area contributed by atoms with E-state index in [2.05, 4.69) is 10.4 Å². The Morgan fingerprint density at radius 3 is 2.67 bits per heavy atom. The molecule has 4 nitrogen and oxygen atoms in total. The summed E-state index contributed by atoms with van der Waals surface area (Å²) in [5, 5.41) is -0.271. The number of nitrogens with zero attached hydrogens (tertiary/aromatic N) is 2. The standard InChI is InChI=1S/C11H11ClF2N4/c1-18-3-2-16-11(18)10(17-15)6-4-9(14)7(12)5-8(6)13/h2-5,10,17H,15H2,1H3. The number of hydrazine groups is 1. The molecule has 0 radical (unpaired) electrons. The van der Waals surface area contributed by atoms with Crippen LogP contribution < -0.4 is 11.3 Å². The fourth-order valence-electron chi connectivity index (χ4n) is 1.72. The van der Waals surface area contributed by atoms with Crippen molar-refractivity contribution >= 4 is 11.6 Å². The Bertz CT molecular complexity index is 570. The van der Waals surface area contributed by atoms with Crippen molar-refractivity contribution in [2.24, 2.45) is 12.9 Å². The molecule has 1 unspecified atom stereocenters. The molecule has 0 saturated carbocycles. The van der Waals surface area contributed by atoms with E-state index in [0.717, 1.165) is 12.1 Å². The molecule has 7 heteroatoms. The molecule has 1 heterocycles. The van der Waals surface area contributed by atoms with Crippen LogP contribution in [0.3, 0.4) is 0 Å². The molecule has 18 heavy (non-hydrogen) atoms. The molecular formula is C11H11ClF2N4. The topological polar surface area (TPSA) is 55.9 Å². The van der Waals surface area contributed by atoms with Crippen molar-refractivity contribution in [3.63, 3.8) is 0 Å². The van der Waals surface area contributed by atoms with Crippen molar-refractivity contribution in [1.29, 1.82) is 0 Å². The summed E-state index contributed by atoms with van der Waals surface area (Å²) < 4.78 is 28.9. The van der Waals surface area contributed by atoms with Gasteiger partial charge >= 0.3 is 0 Å². The Kier molecular flexibility index (Phi) is 3.60. The highest BCUT2D eigenvalue weighted by molar-refractivity contribution is 6.30. The first-order valence-corrected chi connectivity index (χ1v) is 5.50. The van der Waals surface area contributed by atoms with Crippen LogP contribution in [0.25, 0.3) is 0 Å². The molecule has 0 aliphatic rings. The van der Waals surface area contributed by atoms with Gasteiger partial charge in [0.15, 0.2) is 0 Å². The second-order valence-electron chi connectivity index (χ2n) is 3.78. The number of imidazole rings is 1. The molecule has 0 saturated heterocycles. The first-order valence-electron chi connectivity index (χ1n) is 5.12. The Hall–Kier alpha value is -1.50. The highest BCUT2D eigenvalue weighted by Crippen LogP contribution is 2.26. The van der Waals surface area contributed by atoms with Gasteiger partial charge in [-0.3, -0.25) is 5.84 Å². The molecule has 1 atom stereocenters. The summed E-state index contributed by atoms with van der Waals surface area (Å²) in [5.41, 5.74) is 2.47. The smallest absolute Gasteiger partial charge is 0.142 e. The van der Waals surface area contributed by atoms with E-state index in [9.17, 15) is 8.78 Å². The lowest BCUT2D eigenvalue weighted by atomic mass is 10.1. The highest BCUT2D eigenvalue weighted by atomic mass is 35.5. The molecule has 0 fully saturated rings. The first kappa shape index (κ1) is 12.9. The zero-order chi connectivity index (χ0) is 13.3. The van der Waals surface area contributed by atoms with Crippen molar-refractivity contribution in [2.75, 3.05) is 0 Å². The van der Waals surface area contributed by atoms with Gasteiger partial charge in [-0.15, -0.1) is 0 Å². The van der Waals surface area contributed by atoms with Gasteiger partial charge in [-0.2, -0.15) is 0 Å². The van der Waals surface area contributed by atoms with Crippen LogP contribution in [0.4, 0.5) is 8.78 Å². The summed E-state index contributed by atoms with van der Waals surface area (Å²) in [7, 11) is 1.73. The van der Waals surface area contributed by atoms with E-state index in [-0.39, 0.29) is 10.6 Å². The fourth-order valence-corrected chi connectivity index (χ4v) is 1.87. The predicted molar refractivity (Wildman–Crippen MR) is 63.7 cm³/mol. The normalized spacial score (nSPS) is 12.7. The molecule has 0 spiro atoms. The lowest BCUT2D eigenvalue weighted by molar-refractivity contribution is 0.523. The molecule has 0 aliphatic carbocycles. The van der Waals surface area contributed by atoms with Crippen LogP contribution in [0.15, 0.2) is 24.5 Å². The first-order chi connectivity index (χ1) is 8.54. The van der Waals surface area contributed by atoms with Crippen molar-refractivity contribution in [3.8, 4) is 0 Å². The molecule has 0 bridgehead atoms. The van der Waals surface area contributed by atoms with Crippen molar-refractivity contribution in [3.05, 3.63) is 52.6 Å². The minimum Gasteiger partial charge on any atom is -0.336 e. The maximum absolute atomic E-state index is 13.8. The van der Waals surface area contributed by atoms with Crippen LogP contribution in [-0.4, -0.2) is 9.55 Å². The Balaban J connectivity index is 2.52. The van der Waals surface area contributed by atoms with Gasteiger partial charge in [-0.1, -0.05) is 11.6 Å². The second kappa shape index (κ2) is 5.01. The number of aryl methyl sites for hydroxylation is 1. The summed E-state index contributed by atoms with van der Waals surface area (Å²) in [5.74, 6) is 4.51. The Morgan fingerprint density at radius 1 is 1.39 bits per heavy atom. The summed E-state index contributed by atoms with van der Waals surface area (Å²) in [6.45, 7) is 0. The molecule has 0 aliphatic heterocycles. The van der Waals surface area contributed by atoms with Crippen LogP contribution in [-0.2, 0) is 7.05 Å². The largest absolute Gasteiger partial charge is 0.336 e. The highest BCUT2D eigenvalue weighted by Gasteiger charge is 2.22. The summed E-state index contributed by atoms with van der Waals surface area (Å²) >= 11 is 5.50. The van der Waals surface area contributed by atoms with Crippen LogP contribution in [0.5, 0.6) is 0 Å². The fraction of sp³-hybridized carbons (Fsp3) is 0.182. The number of hydrogen-bond donors (Lipinski definition) is 2. The SMILES string of the molecule is Cn1ccnc1C(NN)c1cc(F)c(Cl)cc1F. The quantitative estimate of drug-likeness (QED) is 0.510. The maximum Gasteiger partial charge on any atom is 0.142 e. The number of hydrogen-bond acceptors (Lipinski definition) is 3. The Morgan fingerprint density at radius 2 is 2.11 bits per heavy atom. The van der Waals surface area contributed by atoms with Crippen molar-refractivity contribution in [2.45, 2.75) is 6.04 Å². The molecule has 0 amide bonds. The van der Waals surface area contributed by atoms with E-state index < -0.39 is 17.7 Å². The van der Waals surface area contributed by atoms with E-state index >= 15 is 0 Å². The van der Waals surface area contributed by atoms with Gasteiger partial charge in [0, 0.05) is 25.0 Å². The van der Waals surface area contributed by atoms with E-state index in [1.54, 1.807) is 24.0 Å². The van der Waals surface area contributed by atoms with Crippen LogP contribution in [0, 0.1) is 11.6 Å².